The molecule has 0 bridgehead atoms. The SMILES string of the molecule is Cc1ncc(-c2cccc(OC(F)(F)F)c2)nc1-c1nnc(-c2ccccc2)o1.[HH]. The lowest BCUT2D eigenvalue weighted by Gasteiger charge is -2.10. The lowest BCUT2D eigenvalue weighted by molar-refractivity contribution is -0.274. The quantitative estimate of drug-likeness (QED) is 0.462. The fourth-order valence-corrected chi connectivity index (χ4v) is 2.66. The number of hydrogen-bond acceptors (Lipinski definition) is 6. The van der Waals surface area contributed by atoms with Gasteiger partial charge < -0.3 is 9.15 Å². The summed E-state index contributed by atoms with van der Waals surface area (Å²) in [6.45, 7) is 1.72. The van der Waals surface area contributed by atoms with Crippen molar-refractivity contribution in [3.8, 4) is 40.0 Å². The number of ether oxygens (including phenoxy) is 1. The normalized spacial score (nSPS) is 11.4. The Morgan fingerprint density at radius 3 is 2.41 bits per heavy atom. The Morgan fingerprint density at radius 1 is 0.931 bits per heavy atom. The molecule has 0 spiro atoms. The van der Waals surface area contributed by atoms with Crippen molar-refractivity contribution in [1.82, 2.24) is 20.2 Å². The lowest BCUT2D eigenvalue weighted by atomic mass is 10.1. The van der Waals surface area contributed by atoms with E-state index in [0.29, 0.717) is 28.5 Å². The molecule has 2 heterocycles. The molecule has 0 fully saturated rings. The summed E-state index contributed by atoms with van der Waals surface area (Å²) in [5.41, 5.74) is 2.39. The Kier molecular flexibility index (Phi) is 4.71. The van der Waals surface area contributed by atoms with Gasteiger partial charge in [0, 0.05) is 12.6 Å². The smallest absolute Gasteiger partial charge is 0.415 e. The first-order valence-electron chi connectivity index (χ1n) is 8.48. The zero-order valence-electron chi connectivity index (χ0n) is 15.0. The average molecular weight is 400 g/mol. The van der Waals surface area contributed by atoms with Crippen molar-refractivity contribution in [2.24, 2.45) is 0 Å². The Bertz CT molecular complexity index is 1150. The standard InChI is InChI=1S/C20H13F3N4O2.H2/c1-12-17(19-27-26-18(28-19)13-6-3-2-4-7-13)25-16(11-24-12)14-8-5-9-15(10-14)29-20(21,22)23;/h2-11H,1H3;1H. The molecule has 0 aliphatic rings. The van der Waals surface area contributed by atoms with Crippen molar-refractivity contribution >= 4 is 0 Å². The fraction of sp³-hybridized carbons (Fsp3) is 0.100. The van der Waals surface area contributed by atoms with Crippen LogP contribution in [0.1, 0.15) is 7.12 Å². The molecule has 2 aromatic heterocycles. The minimum Gasteiger partial charge on any atom is -0.415 e. The van der Waals surface area contributed by atoms with Crippen molar-refractivity contribution < 1.29 is 23.8 Å². The largest absolute Gasteiger partial charge is 0.573 e. The highest BCUT2D eigenvalue weighted by Gasteiger charge is 2.31. The van der Waals surface area contributed by atoms with Gasteiger partial charge in [-0.3, -0.25) is 4.98 Å². The predicted molar refractivity (Wildman–Crippen MR) is 99.7 cm³/mol. The van der Waals surface area contributed by atoms with Crippen molar-refractivity contribution in [2.45, 2.75) is 13.3 Å². The van der Waals surface area contributed by atoms with Crippen molar-refractivity contribution in [3.05, 3.63) is 66.5 Å². The Morgan fingerprint density at radius 2 is 1.66 bits per heavy atom. The predicted octanol–water partition coefficient (Wildman–Crippen LogP) is 5.31. The van der Waals surface area contributed by atoms with E-state index in [1.807, 2.05) is 30.3 Å². The van der Waals surface area contributed by atoms with Gasteiger partial charge in [0.05, 0.1) is 17.6 Å². The van der Waals surface area contributed by atoms with Crippen LogP contribution in [0.2, 0.25) is 0 Å². The van der Waals surface area contributed by atoms with Gasteiger partial charge in [0.25, 0.3) is 5.89 Å². The maximum atomic E-state index is 12.5. The molecule has 0 unspecified atom stereocenters. The van der Waals surface area contributed by atoms with Gasteiger partial charge in [0.1, 0.15) is 11.4 Å². The van der Waals surface area contributed by atoms with Gasteiger partial charge in [0.2, 0.25) is 5.89 Å². The molecule has 0 N–H and O–H groups in total. The number of rotatable bonds is 4. The van der Waals surface area contributed by atoms with Crippen molar-refractivity contribution in [1.29, 1.82) is 0 Å². The molecule has 0 amide bonds. The van der Waals surface area contributed by atoms with E-state index in [1.54, 1.807) is 13.0 Å². The number of aryl methyl sites for hydroxylation is 1. The van der Waals surface area contributed by atoms with Gasteiger partial charge >= 0.3 is 6.36 Å². The molecule has 2 aromatic carbocycles. The summed E-state index contributed by atoms with van der Waals surface area (Å²) in [5.74, 6) is 0.147. The Labute approximate surface area is 164 Å². The Hall–Kier alpha value is -3.75. The molecule has 0 aliphatic carbocycles. The molecule has 148 valence electrons. The number of hydrogen-bond donors (Lipinski definition) is 0. The van der Waals surface area contributed by atoms with Gasteiger partial charge in [-0.25, -0.2) is 4.98 Å². The molecule has 0 saturated carbocycles. The first-order chi connectivity index (χ1) is 13.9. The van der Waals surface area contributed by atoms with Crippen LogP contribution >= 0.6 is 0 Å². The maximum absolute atomic E-state index is 12.5. The van der Waals surface area contributed by atoms with E-state index < -0.39 is 6.36 Å². The highest BCUT2D eigenvalue weighted by Crippen LogP contribution is 2.29. The highest BCUT2D eigenvalue weighted by atomic mass is 19.4. The number of aromatic nitrogens is 4. The molecular weight excluding hydrogens is 385 g/mol. The average Bonchev–Trinajstić information content (AvgIpc) is 3.18. The maximum Gasteiger partial charge on any atom is 0.573 e. The molecule has 0 atom stereocenters. The molecule has 9 heteroatoms. The molecule has 0 saturated heterocycles. The van der Waals surface area contributed by atoms with E-state index in [4.69, 9.17) is 4.42 Å². The van der Waals surface area contributed by atoms with Crippen LogP contribution in [0.3, 0.4) is 0 Å². The molecule has 0 aliphatic heterocycles. The van der Waals surface area contributed by atoms with Gasteiger partial charge in [-0.05, 0) is 31.2 Å². The molecule has 4 aromatic rings. The van der Waals surface area contributed by atoms with Crippen LogP contribution < -0.4 is 4.74 Å². The second-order valence-corrected chi connectivity index (χ2v) is 6.04. The summed E-state index contributed by atoms with van der Waals surface area (Å²) in [6, 6.07) is 14.7. The Balaban J connectivity index is 0.00000256. The van der Waals surface area contributed by atoms with E-state index in [0.717, 1.165) is 5.56 Å². The lowest BCUT2D eigenvalue weighted by Crippen LogP contribution is -2.17. The van der Waals surface area contributed by atoms with E-state index in [9.17, 15) is 13.2 Å². The molecule has 4 rings (SSSR count). The minimum absolute atomic E-state index is 0. The van der Waals surface area contributed by atoms with E-state index in [1.165, 1.54) is 24.4 Å². The third-order valence-corrected chi connectivity index (χ3v) is 3.97. The topological polar surface area (TPSA) is 73.9 Å². The van der Waals surface area contributed by atoms with Gasteiger partial charge in [0.15, 0.2) is 0 Å². The second kappa shape index (κ2) is 7.34. The van der Waals surface area contributed by atoms with Crippen LogP contribution in [0.5, 0.6) is 5.75 Å². The monoisotopic (exact) mass is 400 g/mol. The van der Waals surface area contributed by atoms with E-state index in [2.05, 4.69) is 24.9 Å². The minimum atomic E-state index is -4.78. The van der Waals surface area contributed by atoms with Crippen LogP contribution in [0.25, 0.3) is 34.3 Å². The summed E-state index contributed by atoms with van der Waals surface area (Å²) in [5, 5.41) is 8.06. The first-order valence-corrected chi connectivity index (χ1v) is 8.48. The van der Waals surface area contributed by atoms with Crippen LogP contribution in [-0.2, 0) is 0 Å². The summed E-state index contributed by atoms with van der Waals surface area (Å²) in [6.07, 6.45) is -3.32. The highest BCUT2D eigenvalue weighted by molar-refractivity contribution is 5.64. The number of halogens is 3. The van der Waals surface area contributed by atoms with Crippen LogP contribution in [-0.4, -0.2) is 26.5 Å². The number of alkyl halides is 3. The zero-order valence-corrected chi connectivity index (χ0v) is 15.0. The summed E-state index contributed by atoms with van der Waals surface area (Å²) < 4.78 is 47.1. The van der Waals surface area contributed by atoms with Gasteiger partial charge in [-0.2, -0.15) is 0 Å². The molecule has 29 heavy (non-hydrogen) atoms. The summed E-state index contributed by atoms with van der Waals surface area (Å²) in [4.78, 5) is 8.73. The molecular formula is C20H15F3N4O2. The third kappa shape index (κ3) is 4.23. The van der Waals surface area contributed by atoms with E-state index >= 15 is 0 Å². The van der Waals surface area contributed by atoms with Crippen molar-refractivity contribution in [3.63, 3.8) is 0 Å². The van der Waals surface area contributed by atoms with E-state index in [-0.39, 0.29) is 13.1 Å². The van der Waals surface area contributed by atoms with Gasteiger partial charge in [-0.1, -0.05) is 30.3 Å². The first kappa shape index (κ1) is 18.6. The third-order valence-electron chi connectivity index (χ3n) is 3.97. The van der Waals surface area contributed by atoms with Crippen LogP contribution in [0, 0.1) is 6.92 Å². The van der Waals surface area contributed by atoms with Crippen LogP contribution in [0.4, 0.5) is 13.2 Å². The van der Waals surface area contributed by atoms with Gasteiger partial charge in [-0.15, -0.1) is 23.4 Å². The second-order valence-electron chi connectivity index (χ2n) is 6.04. The van der Waals surface area contributed by atoms with Crippen molar-refractivity contribution in [2.75, 3.05) is 0 Å². The zero-order chi connectivity index (χ0) is 20.4. The van der Waals surface area contributed by atoms with Crippen LogP contribution in [0.15, 0.2) is 65.2 Å². The molecule has 0 radical (unpaired) electrons. The number of nitrogens with zero attached hydrogens (tertiary/aromatic N) is 4. The summed E-state index contributed by atoms with van der Waals surface area (Å²) >= 11 is 0. The molecule has 6 nitrogen and oxygen atoms in total. The fourth-order valence-electron chi connectivity index (χ4n) is 2.66. The summed E-state index contributed by atoms with van der Waals surface area (Å²) in [7, 11) is 0. The number of benzene rings is 2.